The van der Waals surface area contributed by atoms with E-state index in [1.54, 1.807) is 11.3 Å². The number of aryl methyl sites for hydroxylation is 2. The first-order valence-corrected chi connectivity index (χ1v) is 5.83. The summed E-state index contributed by atoms with van der Waals surface area (Å²) in [5.41, 5.74) is 2.43. The van der Waals surface area contributed by atoms with Crippen molar-refractivity contribution < 1.29 is 0 Å². The Kier molecular flexibility index (Phi) is 4.08. The highest BCUT2D eigenvalue weighted by molar-refractivity contribution is 7.18. The molecule has 2 heteroatoms. The summed E-state index contributed by atoms with van der Waals surface area (Å²) >= 11 is 1.76. The minimum Gasteiger partial charge on any atom is -0.241 e. The molecule has 0 bridgehead atoms. The van der Waals surface area contributed by atoms with E-state index in [1.165, 1.54) is 16.7 Å². The van der Waals surface area contributed by atoms with E-state index in [1.807, 2.05) is 6.92 Å². The number of hydrogen-bond donors (Lipinski definition) is 0. The van der Waals surface area contributed by atoms with Crippen molar-refractivity contribution in [2.24, 2.45) is 0 Å². The van der Waals surface area contributed by atoms with Gasteiger partial charge in [0.05, 0.1) is 15.2 Å². The molecule has 0 radical (unpaired) electrons. The lowest BCUT2D eigenvalue weighted by Crippen LogP contribution is -1.74. The van der Waals surface area contributed by atoms with Crippen molar-refractivity contribution in [3.8, 4) is 0 Å². The van der Waals surface area contributed by atoms with Gasteiger partial charge in [0.2, 0.25) is 0 Å². The van der Waals surface area contributed by atoms with Crippen LogP contribution >= 0.6 is 11.3 Å². The average molecular weight is 207 g/mol. The Balaban J connectivity index is 0.000000293. The van der Waals surface area contributed by atoms with Gasteiger partial charge in [-0.2, -0.15) is 0 Å². The van der Waals surface area contributed by atoms with Crippen molar-refractivity contribution in [2.75, 3.05) is 0 Å². The Bertz CT molecular complexity index is 404. The standard InChI is InChI=1S/C9H9NS.C3H8/c1-6-4-3-5-8-9(6)10-7(2)11-8;1-3-2/h3-5H,1-2H3;3H2,1-2H3. The summed E-state index contributed by atoms with van der Waals surface area (Å²) < 4.78 is 1.29. The Labute approximate surface area is 89.8 Å². The second kappa shape index (κ2) is 5.11. The van der Waals surface area contributed by atoms with Crippen LogP contribution in [0.4, 0.5) is 0 Å². The van der Waals surface area contributed by atoms with Gasteiger partial charge >= 0.3 is 0 Å². The predicted octanol–water partition coefficient (Wildman–Crippen LogP) is 4.33. The van der Waals surface area contributed by atoms with Gasteiger partial charge in [-0.1, -0.05) is 32.4 Å². The summed E-state index contributed by atoms with van der Waals surface area (Å²) in [5.74, 6) is 0. The van der Waals surface area contributed by atoms with E-state index in [4.69, 9.17) is 0 Å². The molecule has 0 fully saturated rings. The van der Waals surface area contributed by atoms with Crippen molar-refractivity contribution in [1.29, 1.82) is 0 Å². The van der Waals surface area contributed by atoms with Crippen LogP contribution in [0.5, 0.6) is 0 Å². The average Bonchev–Trinajstić information content (AvgIpc) is 2.48. The minimum absolute atomic E-state index is 1.15. The lowest BCUT2D eigenvalue weighted by atomic mass is 10.2. The monoisotopic (exact) mass is 207 g/mol. The van der Waals surface area contributed by atoms with Gasteiger partial charge < -0.3 is 0 Å². The van der Waals surface area contributed by atoms with Crippen LogP contribution in [0.15, 0.2) is 18.2 Å². The first-order chi connectivity index (χ1) is 6.69. The highest BCUT2D eigenvalue weighted by Crippen LogP contribution is 2.23. The van der Waals surface area contributed by atoms with Crippen LogP contribution < -0.4 is 0 Å². The molecule has 0 saturated heterocycles. The van der Waals surface area contributed by atoms with Gasteiger partial charge in [-0.25, -0.2) is 4.98 Å². The molecule has 1 nitrogen and oxygen atoms in total. The number of rotatable bonds is 0. The fraction of sp³-hybridized carbons (Fsp3) is 0.417. The van der Waals surface area contributed by atoms with E-state index in [0.29, 0.717) is 0 Å². The highest BCUT2D eigenvalue weighted by Gasteiger charge is 2.00. The molecule has 76 valence electrons. The zero-order valence-corrected chi connectivity index (χ0v) is 10.1. The Hall–Kier alpha value is -0.890. The molecule has 0 saturated carbocycles. The molecule has 1 heterocycles. The maximum atomic E-state index is 4.43. The van der Waals surface area contributed by atoms with Crippen LogP contribution in [0, 0.1) is 13.8 Å². The van der Waals surface area contributed by atoms with Crippen molar-refractivity contribution in [1.82, 2.24) is 4.98 Å². The smallest absolute Gasteiger partial charge is 0.0907 e. The lowest BCUT2D eigenvalue weighted by molar-refractivity contribution is 1.09. The fourth-order valence-corrected chi connectivity index (χ4v) is 2.10. The molecular weight excluding hydrogens is 190 g/mol. The van der Waals surface area contributed by atoms with Crippen LogP contribution in [0.25, 0.3) is 10.2 Å². The zero-order chi connectivity index (χ0) is 10.6. The van der Waals surface area contributed by atoms with Gasteiger partial charge in [0.15, 0.2) is 0 Å². The number of thiazole rings is 1. The maximum absolute atomic E-state index is 4.43. The maximum Gasteiger partial charge on any atom is 0.0907 e. The molecule has 0 aliphatic carbocycles. The SMILES string of the molecule is CCC.Cc1nc2c(C)cccc2s1. The molecule has 2 rings (SSSR count). The van der Waals surface area contributed by atoms with E-state index in [2.05, 4.69) is 44.0 Å². The second-order valence-electron chi connectivity index (χ2n) is 3.36. The van der Waals surface area contributed by atoms with Crippen LogP contribution in [0.2, 0.25) is 0 Å². The van der Waals surface area contributed by atoms with E-state index in [-0.39, 0.29) is 0 Å². The molecule has 1 aromatic heterocycles. The number of aromatic nitrogens is 1. The summed E-state index contributed by atoms with van der Waals surface area (Å²) in [6.07, 6.45) is 1.25. The van der Waals surface area contributed by atoms with Gasteiger partial charge in [0.25, 0.3) is 0 Å². The fourth-order valence-electron chi connectivity index (χ4n) is 1.20. The molecule has 2 aromatic rings. The molecule has 0 unspecified atom stereocenters. The van der Waals surface area contributed by atoms with Crippen molar-refractivity contribution in [3.05, 3.63) is 28.8 Å². The van der Waals surface area contributed by atoms with Gasteiger partial charge in [-0.05, 0) is 25.5 Å². The third-order valence-corrected chi connectivity index (χ3v) is 2.66. The molecule has 0 N–H and O–H groups in total. The molecule has 0 amide bonds. The summed E-state index contributed by atoms with van der Waals surface area (Å²) in [5, 5.41) is 1.15. The van der Waals surface area contributed by atoms with E-state index in [9.17, 15) is 0 Å². The number of para-hydroxylation sites is 1. The van der Waals surface area contributed by atoms with E-state index in [0.717, 1.165) is 10.5 Å². The first kappa shape index (κ1) is 11.2. The zero-order valence-electron chi connectivity index (χ0n) is 9.29. The normalized spacial score (nSPS) is 9.71. The molecule has 0 aliphatic rings. The quantitative estimate of drug-likeness (QED) is 0.626. The molecular formula is C12H17NS. The van der Waals surface area contributed by atoms with Crippen LogP contribution in [-0.4, -0.2) is 4.98 Å². The van der Waals surface area contributed by atoms with Crippen molar-refractivity contribution in [2.45, 2.75) is 34.1 Å². The highest BCUT2D eigenvalue weighted by atomic mass is 32.1. The van der Waals surface area contributed by atoms with Gasteiger partial charge in [-0.15, -0.1) is 11.3 Å². The van der Waals surface area contributed by atoms with Crippen LogP contribution in [0.3, 0.4) is 0 Å². The number of fused-ring (bicyclic) bond motifs is 1. The third kappa shape index (κ3) is 2.55. The summed E-state index contributed by atoms with van der Waals surface area (Å²) in [6.45, 7) is 8.39. The van der Waals surface area contributed by atoms with Gasteiger partial charge in [0, 0.05) is 0 Å². The second-order valence-corrected chi connectivity index (χ2v) is 4.60. The van der Waals surface area contributed by atoms with Crippen molar-refractivity contribution >= 4 is 21.6 Å². The molecule has 14 heavy (non-hydrogen) atoms. The number of hydrogen-bond acceptors (Lipinski definition) is 2. The Morgan fingerprint density at radius 2 is 1.86 bits per heavy atom. The Morgan fingerprint density at radius 3 is 2.43 bits per heavy atom. The molecule has 0 aliphatic heterocycles. The van der Waals surface area contributed by atoms with E-state index < -0.39 is 0 Å². The van der Waals surface area contributed by atoms with E-state index >= 15 is 0 Å². The van der Waals surface area contributed by atoms with Crippen molar-refractivity contribution in [3.63, 3.8) is 0 Å². The minimum atomic E-state index is 1.15. The Morgan fingerprint density at radius 1 is 1.21 bits per heavy atom. The lowest BCUT2D eigenvalue weighted by Gasteiger charge is -1.90. The first-order valence-electron chi connectivity index (χ1n) is 5.01. The third-order valence-electron chi connectivity index (χ3n) is 1.73. The summed E-state index contributed by atoms with van der Waals surface area (Å²) in [4.78, 5) is 4.43. The molecule has 0 atom stereocenters. The molecule has 0 spiro atoms. The van der Waals surface area contributed by atoms with Crippen LogP contribution in [0.1, 0.15) is 30.8 Å². The predicted molar refractivity (Wildman–Crippen MR) is 65.1 cm³/mol. The number of nitrogens with zero attached hydrogens (tertiary/aromatic N) is 1. The van der Waals surface area contributed by atoms with Gasteiger partial charge in [0.1, 0.15) is 0 Å². The summed E-state index contributed by atoms with van der Waals surface area (Å²) in [7, 11) is 0. The largest absolute Gasteiger partial charge is 0.241 e. The summed E-state index contributed by atoms with van der Waals surface area (Å²) in [6, 6.07) is 6.30. The number of benzene rings is 1. The molecule has 1 aromatic carbocycles. The van der Waals surface area contributed by atoms with Gasteiger partial charge in [-0.3, -0.25) is 0 Å². The topological polar surface area (TPSA) is 12.9 Å². The van der Waals surface area contributed by atoms with Crippen LogP contribution in [-0.2, 0) is 0 Å².